The summed E-state index contributed by atoms with van der Waals surface area (Å²) in [4.78, 5) is 30.8. The van der Waals surface area contributed by atoms with Crippen LogP contribution in [-0.2, 0) is 4.79 Å². The summed E-state index contributed by atoms with van der Waals surface area (Å²) in [7, 11) is 0. The number of nitrogens with zero attached hydrogens (tertiary/aromatic N) is 1. The van der Waals surface area contributed by atoms with Gasteiger partial charge in [-0.15, -0.1) is 0 Å². The molecule has 0 fully saturated rings. The first-order valence-electron chi connectivity index (χ1n) is 6.98. The highest BCUT2D eigenvalue weighted by molar-refractivity contribution is 5.97. The van der Waals surface area contributed by atoms with Crippen molar-refractivity contribution >= 4 is 22.4 Å². The second-order valence-corrected chi connectivity index (χ2v) is 5.07. The Morgan fingerprint density at radius 3 is 2.86 bits per heavy atom. The first kappa shape index (κ1) is 14.0. The Bertz CT molecular complexity index is 872. The van der Waals surface area contributed by atoms with Crippen LogP contribution in [0.3, 0.4) is 0 Å². The summed E-state index contributed by atoms with van der Waals surface area (Å²) in [6.45, 7) is 1.81. The van der Waals surface area contributed by atoms with E-state index in [1.165, 1.54) is 0 Å². The minimum Gasteiger partial charge on any atom is -0.329 e. The van der Waals surface area contributed by atoms with Gasteiger partial charge >= 0.3 is 0 Å². The van der Waals surface area contributed by atoms with Gasteiger partial charge in [0.2, 0.25) is 5.91 Å². The summed E-state index contributed by atoms with van der Waals surface area (Å²) in [5.74, 6) is -0.487. The lowest BCUT2D eigenvalue weighted by molar-refractivity contribution is -0.117. The molecule has 0 aliphatic carbocycles. The number of amides is 1. The number of H-pyrrole nitrogens is 1. The molecule has 2 aromatic heterocycles. The quantitative estimate of drug-likeness (QED) is 0.779. The van der Waals surface area contributed by atoms with E-state index in [-0.39, 0.29) is 17.4 Å². The molecule has 0 spiro atoms. The van der Waals surface area contributed by atoms with Crippen molar-refractivity contribution in [3.63, 3.8) is 0 Å². The fourth-order valence-electron chi connectivity index (χ4n) is 2.29. The molecule has 0 saturated carbocycles. The lowest BCUT2D eigenvalue weighted by Gasteiger charge is -2.12. The smallest absolute Gasteiger partial charge is 0.255 e. The molecule has 5 heteroatoms. The minimum atomic E-state index is -0.351. The number of hydrogen-bond donors (Lipinski definition) is 2. The molecular formula is C17H15N3O2. The number of hydrogen-bond acceptors (Lipinski definition) is 3. The molecule has 1 amide bonds. The summed E-state index contributed by atoms with van der Waals surface area (Å²) in [6, 6.07) is 12.5. The number of anilines is 1. The summed E-state index contributed by atoms with van der Waals surface area (Å²) in [6.07, 6.45) is 3.26. The predicted octanol–water partition coefficient (Wildman–Crippen LogP) is 2.67. The Morgan fingerprint density at radius 1 is 1.23 bits per heavy atom. The number of aromatic nitrogens is 2. The van der Waals surface area contributed by atoms with Gasteiger partial charge in [-0.2, -0.15) is 0 Å². The van der Waals surface area contributed by atoms with Crippen molar-refractivity contribution in [2.24, 2.45) is 0 Å². The maximum atomic E-state index is 12.3. The van der Waals surface area contributed by atoms with Crippen LogP contribution in [0.5, 0.6) is 0 Å². The van der Waals surface area contributed by atoms with Gasteiger partial charge in [0.15, 0.2) is 0 Å². The molecule has 2 heterocycles. The fourth-order valence-corrected chi connectivity index (χ4v) is 2.29. The van der Waals surface area contributed by atoms with Crippen molar-refractivity contribution in [3.05, 3.63) is 70.9 Å². The van der Waals surface area contributed by atoms with Crippen LogP contribution in [-0.4, -0.2) is 15.9 Å². The van der Waals surface area contributed by atoms with Crippen LogP contribution in [0.2, 0.25) is 0 Å². The van der Waals surface area contributed by atoms with Crippen molar-refractivity contribution in [1.29, 1.82) is 0 Å². The monoisotopic (exact) mass is 293 g/mol. The van der Waals surface area contributed by atoms with Crippen molar-refractivity contribution in [1.82, 2.24) is 9.97 Å². The second-order valence-electron chi connectivity index (χ2n) is 5.07. The molecule has 1 unspecified atom stereocenters. The van der Waals surface area contributed by atoms with Crippen molar-refractivity contribution in [2.75, 3.05) is 5.32 Å². The number of rotatable bonds is 3. The SMILES string of the molecule is CC(C(=O)Nc1ccc2c(=O)[nH]ccc2c1)c1ccccn1. The van der Waals surface area contributed by atoms with Crippen LogP contribution >= 0.6 is 0 Å². The van der Waals surface area contributed by atoms with Gasteiger partial charge in [0, 0.05) is 23.5 Å². The number of nitrogens with one attached hydrogen (secondary N) is 2. The van der Waals surface area contributed by atoms with E-state index in [0.29, 0.717) is 11.1 Å². The fraction of sp³-hybridized carbons (Fsp3) is 0.118. The van der Waals surface area contributed by atoms with E-state index in [9.17, 15) is 9.59 Å². The van der Waals surface area contributed by atoms with Gasteiger partial charge in [-0.05, 0) is 48.7 Å². The Hall–Kier alpha value is -2.95. The van der Waals surface area contributed by atoms with Gasteiger partial charge in [0.1, 0.15) is 0 Å². The molecule has 5 nitrogen and oxygen atoms in total. The molecule has 0 radical (unpaired) electrons. The van der Waals surface area contributed by atoms with Crippen molar-refractivity contribution < 1.29 is 4.79 Å². The van der Waals surface area contributed by atoms with Crippen LogP contribution in [0.4, 0.5) is 5.69 Å². The van der Waals surface area contributed by atoms with Crippen LogP contribution in [0, 0.1) is 0 Å². The van der Waals surface area contributed by atoms with Crippen LogP contribution in [0.15, 0.2) is 59.7 Å². The Morgan fingerprint density at radius 2 is 2.09 bits per heavy atom. The first-order valence-corrected chi connectivity index (χ1v) is 6.98. The Kier molecular flexibility index (Phi) is 3.70. The molecule has 0 aliphatic rings. The predicted molar refractivity (Wildman–Crippen MR) is 85.9 cm³/mol. The van der Waals surface area contributed by atoms with Gasteiger partial charge in [0.05, 0.1) is 11.6 Å². The molecule has 22 heavy (non-hydrogen) atoms. The summed E-state index contributed by atoms with van der Waals surface area (Å²) in [5.41, 5.74) is 1.24. The third-order valence-corrected chi connectivity index (χ3v) is 3.57. The number of pyridine rings is 2. The Balaban J connectivity index is 1.84. The molecule has 3 aromatic rings. The van der Waals surface area contributed by atoms with Gasteiger partial charge in [-0.25, -0.2) is 0 Å². The van der Waals surface area contributed by atoms with E-state index in [0.717, 1.165) is 11.1 Å². The number of aromatic amines is 1. The zero-order chi connectivity index (χ0) is 15.5. The third-order valence-electron chi connectivity index (χ3n) is 3.57. The third kappa shape index (κ3) is 2.74. The molecule has 1 aromatic carbocycles. The van der Waals surface area contributed by atoms with Crippen LogP contribution in [0.25, 0.3) is 10.8 Å². The van der Waals surface area contributed by atoms with E-state index in [1.807, 2.05) is 25.1 Å². The molecule has 0 bridgehead atoms. The molecular weight excluding hydrogens is 278 g/mol. The first-order chi connectivity index (χ1) is 10.6. The van der Waals surface area contributed by atoms with Gasteiger partial charge in [0.25, 0.3) is 5.56 Å². The molecule has 0 saturated heterocycles. The van der Waals surface area contributed by atoms with E-state index in [2.05, 4.69) is 15.3 Å². The zero-order valence-electron chi connectivity index (χ0n) is 12.0. The topological polar surface area (TPSA) is 74.8 Å². The average molecular weight is 293 g/mol. The minimum absolute atomic E-state index is 0.136. The molecule has 3 rings (SSSR count). The van der Waals surface area contributed by atoms with E-state index >= 15 is 0 Å². The van der Waals surface area contributed by atoms with Crippen molar-refractivity contribution in [2.45, 2.75) is 12.8 Å². The van der Waals surface area contributed by atoms with Gasteiger partial charge in [-0.1, -0.05) is 6.07 Å². The number of carbonyl (C=O) groups is 1. The zero-order valence-corrected chi connectivity index (χ0v) is 12.0. The largest absolute Gasteiger partial charge is 0.329 e. The van der Waals surface area contributed by atoms with Gasteiger partial charge in [-0.3, -0.25) is 14.6 Å². The summed E-state index contributed by atoms with van der Waals surface area (Å²) < 4.78 is 0. The van der Waals surface area contributed by atoms with Gasteiger partial charge < -0.3 is 10.3 Å². The van der Waals surface area contributed by atoms with Crippen LogP contribution < -0.4 is 10.9 Å². The number of fused-ring (bicyclic) bond motifs is 1. The maximum Gasteiger partial charge on any atom is 0.255 e. The van der Waals surface area contributed by atoms with E-state index < -0.39 is 0 Å². The standard InChI is InChI=1S/C17H15N3O2/c1-11(15-4-2-3-8-18-15)16(21)20-13-5-6-14-12(10-13)7-9-19-17(14)22/h2-11H,1H3,(H,19,22)(H,20,21). The highest BCUT2D eigenvalue weighted by Gasteiger charge is 2.16. The molecule has 1 atom stereocenters. The van der Waals surface area contributed by atoms with E-state index in [4.69, 9.17) is 0 Å². The highest BCUT2D eigenvalue weighted by atomic mass is 16.2. The van der Waals surface area contributed by atoms with Crippen LogP contribution in [0.1, 0.15) is 18.5 Å². The number of carbonyl (C=O) groups excluding carboxylic acids is 1. The average Bonchev–Trinajstić information content (AvgIpc) is 2.55. The lowest BCUT2D eigenvalue weighted by Crippen LogP contribution is -2.19. The molecule has 0 aliphatic heterocycles. The molecule has 2 N–H and O–H groups in total. The summed E-state index contributed by atoms with van der Waals surface area (Å²) in [5, 5.41) is 4.24. The van der Waals surface area contributed by atoms with E-state index in [1.54, 1.807) is 36.7 Å². The maximum absolute atomic E-state index is 12.3. The second kappa shape index (κ2) is 5.81. The number of benzene rings is 1. The lowest BCUT2D eigenvalue weighted by atomic mass is 10.1. The molecule has 110 valence electrons. The summed E-state index contributed by atoms with van der Waals surface area (Å²) >= 11 is 0. The van der Waals surface area contributed by atoms with Crippen molar-refractivity contribution in [3.8, 4) is 0 Å². The highest BCUT2D eigenvalue weighted by Crippen LogP contribution is 2.19. The Labute approximate surface area is 127 Å². The normalized spacial score (nSPS) is 12.0.